The summed E-state index contributed by atoms with van der Waals surface area (Å²) >= 11 is 0. The molecule has 7 aromatic rings. The molecule has 1 aliphatic heterocycles. The molecule has 0 aliphatic carbocycles. The normalized spacial score (nSPS) is 15.7. The van der Waals surface area contributed by atoms with Gasteiger partial charge in [-0.2, -0.15) is 0 Å². The number of aldehydes is 1. The largest absolute Gasteiger partial charge is 0.714 e. The molecule has 0 saturated carbocycles. The van der Waals surface area contributed by atoms with Crippen molar-refractivity contribution in [1.82, 2.24) is 5.06 Å². The van der Waals surface area contributed by atoms with Crippen LogP contribution in [0.25, 0.3) is 65.3 Å². The summed E-state index contributed by atoms with van der Waals surface area (Å²) < 4.78 is 0.864. The van der Waals surface area contributed by atoms with Crippen molar-refractivity contribution in [3.8, 4) is 22.3 Å². The van der Waals surface area contributed by atoms with Crippen LogP contribution in [0, 0.1) is 5.21 Å². The third-order valence-corrected chi connectivity index (χ3v) is 10.5. The molecule has 0 unspecified atom stereocenters. The second-order valence-electron chi connectivity index (χ2n) is 13.6. The highest BCUT2D eigenvalue weighted by atomic mass is 16.5. The molecule has 1 heterocycles. The smallest absolute Gasteiger partial charge is 0.316 e. The molecule has 1 aliphatic rings. The monoisotopic (exact) mass is 613 g/mol. The van der Waals surface area contributed by atoms with Gasteiger partial charge in [0, 0.05) is 10.8 Å². The maximum atomic E-state index is 13.4. The predicted molar refractivity (Wildman–Crippen MR) is 191 cm³/mol. The van der Waals surface area contributed by atoms with Gasteiger partial charge >= 0.3 is 5.84 Å². The van der Waals surface area contributed by atoms with E-state index in [1.807, 2.05) is 76.2 Å². The van der Waals surface area contributed by atoms with E-state index in [0.717, 1.165) is 81.4 Å². The first-order chi connectivity index (χ1) is 22.6. The molecule has 7 aromatic carbocycles. The minimum Gasteiger partial charge on any atom is -0.714 e. The number of hydrogen-bond donors (Lipinski definition) is 0. The Hall–Kier alpha value is -5.52. The van der Waals surface area contributed by atoms with E-state index in [2.05, 4.69) is 72.8 Å². The van der Waals surface area contributed by atoms with Gasteiger partial charge in [0.2, 0.25) is 0 Å². The molecule has 0 atom stereocenters. The second-order valence-corrected chi connectivity index (χ2v) is 13.6. The van der Waals surface area contributed by atoms with Gasteiger partial charge < -0.3 is 5.21 Å². The molecule has 47 heavy (non-hydrogen) atoms. The fourth-order valence-corrected chi connectivity index (χ4v) is 7.08. The van der Waals surface area contributed by atoms with Gasteiger partial charge in [-0.15, -0.1) is 0 Å². The van der Waals surface area contributed by atoms with Gasteiger partial charge in [0.15, 0.2) is 5.54 Å². The summed E-state index contributed by atoms with van der Waals surface area (Å²) in [4.78, 5) is 11.5. The molecule has 0 spiro atoms. The Labute approximate surface area is 273 Å². The quantitative estimate of drug-likeness (QED) is 0.0859. The molecule has 229 valence electrons. The molecule has 0 N–H and O–H groups in total. The summed E-state index contributed by atoms with van der Waals surface area (Å²) in [6.07, 6.45) is 0.873. The van der Waals surface area contributed by atoms with Crippen LogP contribution in [0.15, 0.2) is 121 Å². The zero-order valence-corrected chi connectivity index (χ0v) is 26.7. The van der Waals surface area contributed by atoms with Crippen molar-refractivity contribution in [2.75, 3.05) is 0 Å². The first kappa shape index (κ1) is 28.9. The molecule has 0 bridgehead atoms. The van der Waals surface area contributed by atoms with Crippen LogP contribution in [0.2, 0.25) is 0 Å². The molecule has 0 aromatic heterocycles. The van der Waals surface area contributed by atoms with Gasteiger partial charge in [-0.1, -0.05) is 90.0 Å². The zero-order valence-electron chi connectivity index (χ0n) is 26.7. The molecule has 0 saturated heterocycles. The van der Waals surface area contributed by atoms with E-state index in [-0.39, 0.29) is 5.84 Å². The minimum atomic E-state index is -0.892. The Morgan fingerprint density at radius 2 is 0.936 bits per heavy atom. The summed E-state index contributed by atoms with van der Waals surface area (Å²) in [7, 11) is 0. The Balaban J connectivity index is 1.46. The van der Waals surface area contributed by atoms with Crippen LogP contribution in [-0.2, 0) is 5.21 Å². The highest BCUT2D eigenvalue weighted by Crippen LogP contribution is 2.46. The topological polar surface area (TPSA) is 66.3 Å². The summed E-state index contributed by atoms with van der Waals surface area (Å²) in [5.74, 6) is 0.132. The van der Waals surface area contributed by atoms with Crippen LogP contribution in [0.5, 0.6) is 0 Å². The molecule has 8 rings (SSSR count). The van der Waals surface area contributed by atoms with Gasteiger partial charge in [-0.05, 0) is 129 Å². The van der Waals surface area contributed by atoms with Crippen molar-refractivity contribution in [3.63, 3.8) is 0 Å². The van der Waals surface area contributed by atoms with Crippen LogP contribution in [0.3, 0.4) is 0 Å². The number of hydrogen-bond acceptors (Lipinski definition) is 3. The minimum absolute atomic E-state index is 0.132. The maximum absolute atomic E-state index is 13.4. The molecule has 0 fully saturated rings. The van der Waals surface area contributed by atoms with Gasteiger partial charge in [0.1, 0.15) is 11.8 Å². The van der Waals surface area contributed by atoms with Crippen molar-refractivity contribution in [3.05, 3.63) is 138 Å². The molecular formula is C42H33N2O3. The SMILES string of the molecule is CC1(C)N([O])C(c2ccc(-c3c4cc5ccccc5cc4c(-c4ccc(C=O)cc4)c4cc5ccccc5cc34)cc2)=[N+]([O-])C1(C)C. The highest BCUT2D eigenvalue weighted by Gasteiger charge is 2.59. The maximum Gasteiger partial charge on any atom is 0.316 e. The van der Waals surface area contributed by atoms with E-state index in [1.165, 1.54) is 0 Å². The van der Waals surface area contributed by atoms with Crippen LogP contribution >= 0.6 is 0 Å². The summed E-state index contributed by atoms with van der Waals surface area (Å²) in [5.41, 5.74) is 3.66. The number of rotatable bonds is 4. The summed E-state index contributed by atoms with van der Waals surface area (Å²) in [5, 5.41) is 36.7. The lowest BCUT2D eigenvalue weighted by Gasteiger charge is -2.32. The second kappa shape index (κ2) is 10.2. The van der Waals surface area contributed by atoms with Crippen molar-refractivity contribution in [1.29, 1.82) is 0 Å². The molecule has 5 nitrogen and oxygen atoms in total. The van der Waals surface area contributed by atoms with Crippen molar-refractivity contribution >= 4 is 55.2 Å². The fourth-order valence-electron chi connectivity index (χ4n) is 7.08. The lowest BCUT2D eigenvalue weighted by molar-refractivity contribution is -0.539. The van der Waals surface area contributed by atoms with Crippen LogP contribution < -0.4 is 0 Å². The Morgan fingerprint density at radius 1 is 0.574 bits per heavy atom. The average Bonchev–Trinajstić information content (AvgIpc) is 3.20. The Bertz CT molecular complexity index is 2340. The standard InChI is InChI=1S/C42H33N2O3/c1-41(2)42(3,4)44(47)40(43(41)46)29-19-17-28(18-20-29)39-36-23-32-11-7-5-9-30(32)21-34(36)38(27-15-13-26(25-45)14-16-27)35-22-31-10-6-8-12-33(31)24-37(35)39/h5-25H,1-4H3. The number of carbonyl (C=O) groups excluding carboxylic acids is 1. The number of fused-ring (bicyclic) bond motifs is 4. The van der Waals surface area contributed by atoms with Gasteiger partial charge in [0.25, 0.3) is 0 Å². The Morgan fingerprint density at radius 3 is 1.28 bits per heavy atom. The summed E-state index contributed by atoms with van der Waals surface area (Å²) in [6.45, 7) is 7.25. The third-order valence-electron chi connectivity index (χ3n) is 10.5. The molecular weight excluding hydrogens is 580 g/mol. The fraction of sp³-hybridized carbons (Fsp3) is 0.143. The van der Waals surface area contributed by atoms with E-state index < -0.39 is 11.1 Å². The highest BCUT2D eigenvalue weighted by molar-refractivity contribution is 6.25. The van der Waals surface area contributed by atoms with Crippen LogP contribution in [0.1, 0.15) is 43.6 Å². The van der Waals surface area contributed by atoms with E-state index in [4.69, 9.17) is 0 Å². The first-order valence-electron chi connectivity index (χ1n) is 15.9. The van der Waals surface area contributed by atoms with Crippen LogP contribution in [-0.4, -0.2) is 33.0 Å². The number of benzene rings is 7. The van der Waals surface area contributed by atoms with Crippen molar-refractivity contribution < 1.29 is 14.7 Å². The van der Waals surface area contributed by atoms with Gasteiger partial charge in [-0.25, -0.2) is 0 Å². The lowest BCUT2D eigenvalue weighted by atomic mass is 9.83. The predicted octanol–water partition coefficient (Wildman–Crippen LogP) is 9.92. The summed E-state index contributed by atoms with van der Waals surface area (Å²) in [6, 6.07) is 41.5. The van der Waals surface area contributed by atoms with Crippen LogP contribution in [0.4, 0.5) is 0 Å². The van der Waals surface area contributed by atoms with E-state index >= 15 is 0 Å². The number of amidine groups is 1. The zero-order chi connectivity index (χ0) is 32.7. The lowest BCUT2D eigenvalue weighted by Crippen LogP contribution is -2.53. The van der Waals surface area contributed by atoms with Crippen molar-refractivity contribution in [2.45, 2.75) is 38.8 Å². The average molecular weight is 614 g/mol. The molecule has 0 amide bonds. The van der Waals surface area contributed by atoms with Gasteiger partial charge in [-0.3, -0.25) is 9.53 Å². The number of nitrogens with zero attached hydrogens (tertiary/aromatic N) is 2. The van der Waals surface area contributed by atoms with E-state index in [1.54, 1.807) is 0 Å². The van der Waals surface area contributed by atoms with Crippen molar-refractivity contribution in [2.24, 2.45) is 0 Å². The molecule has 1 radical (unpaired) electrons. The van der Waals surface area contributed by atoms with E-state index in [9.17, 15) is 15.2 Å². The van der Waals surface area contributed by atoms with Gasteiger partial charge in [0.05, 0.1) is 5.56 Å². The first-order valence-corrected chi connectivity index (χ1v) is 15.9. The third kappa shape index (κ3) is 4.20. The Kier molecular flexibility index (Phi) is 6.30. The number of carbonyl (C=O) groups is 1. The number of hydroxylamine groups is 3. The van der Waals surface area contributed by atoms with E-state index in [0.29, 0.717) is 11.1 Å². The molecule has 5 heteroatoms.